The number of nitriles is 1. The Hall–Kier alpha value is -2.09. The van der Waals surface area contributed by atoms with Crippen molar-refractivity contribution in [1.82, 2.24) is 0 Å². The van der Waals surface area contributed by atoms with Crippen LogP contribution in [0, 0.1) is 17.1 Å². The number of aliphatic carboxylic acids is 1. The largest absolute Gasteiger partial charge is 0.504 e. The maximum Gasteiger partial charge on any atom is 0.310 e. The molecular formula is C10H8FNO3. The molecule has 1 unspecified atom stereocenters. The van der Waals surface area contributed by atoms with E-state index in [1.807, 2.05) is 0 Å². The molecular weight excluding hydrogens is 201 g/mol. The molecule has 1 aromatic carbocycles. The van der Waals surface area contributed by atoms with E-state index in [1.54, 1.807) is 6.07 Å². The van der Waals surface area contributed by atoms with Crippen LogP contribution in [0.2, 0.25) is 0 Å². The minimum Gasteiger partial charge on any atom is -0.504 e. The van der Waals surface area contributed by atoms with Crippen molar-refractivity contribution in [1.29, 1.82) is 5.26 Å². The summed E-state index contributed by atoms with van der Waals surface area (Å²) in [4.78, 5) is 10.6. The highest BCUT2D eigenvalue weighted by Gasteiger charge is 2.18. The van der Waals surface area contributed by atoms with Crippen LogP contribution in [0.25, 0.3) is 0 Å². The monoisotopic (exact) mass is 209 g/mol. The second-order valence-corrected chi connectivity index (χ2v) is 3.07. The number of aromatic hydroxyl groups is 1. The zero-order valence-electron chi connectivity index (χ0n) is 7.86. The van der Waals surface area contributed by atoms with Crippen LogP contribution in [-0.2, 0) is 4.79 Å². The summed E-state index contributed by atoms with van der Waals surface area (Å²) in [6, 6.07) is 3.66. The fourth-order valence-electron chi connectivity index (χ4n) is 1.10. The Balaban J connectivity index is 3.30. The van der Waals surface area contributed by atoms with Gasteiger partial charge in [0.25, 0.3) is 0 Å². The Morgan fingerprint density at radius 1 is 1.60 bits per heavy atom. The number of benzene rings is 1. The molecule has 0 aliphatic heterocycles. The van der Waals surface area contributed by atoms with Gasteiger partial charge in [-0.05, 0) is 24.6 Å². The van der Waals surface area contributed by atoms with E-state index >= 15 is 0 Å². The summed E-state index contributed by atoms with van der Waals surface area (Å²) in [6.45, 7) is 1.37. The van der Waals surface area contributed by atoms with Crippen LogP contribution in [-0.4, -0.2) is 16.2 Å². The van der Waals surface area contributed by atoms with Gasteiger partial charge in [-0.25, -0.2) is 4.39 Å². The lowest BCUT2D eigenvalue weighted by atomic mass is 9.99. The van der Waals surface area contributed by atoms with Crippen molar-refractivity contribution in [2.75, 3.05) is 0 Å². The zero-order chi connectivity index (χ0) is 11.6. The van der Waals surface area contributed by atoms with E-state index in [4.69, 9.17) is 15.5 Å². The van der Waals surface area contributed by atoms with Gasteiger partial charge in [-0.15, -0.1) is 0 Å². The van der Waals surface area contributed by atoms with Crippen molar-refractivity contribution in [3.63, 3.8) is 0 Å². The second kappa shape index (κ2) is 3.96. The van der Waals surface area contributed by atoms with Gasteiger partial charge in [-0.3, -0.25) is 4.79 Å². The Morgan fingerprint density at radius 3 is 2.67 bits per heavy atom. The number of carboxylic acids is 1. The predicted octanol–water partition coefficient (Wildman–Crippen LogP) is 1.59. The van der Waals surface area contributed by atoms with Gasteiger partial charge in [0.2, 0.25) is 0 Å². The lowest BCUT2D eigenvalue weighted by Crippen LogP contribution is -2.08. The molecule has 5 heteroatoms. The molecule has 0 fully saturated rings. The number of rotatable bonds is 2. The normalized spacial score (nSPS) is 11.8. The molecule has 1 rings (SSSR count). The molecule has 0 heterocycles. The van der Waals surface area contributed by atoms with Crippen LogP contribution >= 0.6 is 0 Å². The van der Waals surface area contributed by atoms with Gasteiger partial charge in [0.15, 0.2) is 11.6 Å². The number of hydrogen-bond acceptors (Lipinski definition) is 3. The van der Waals surface area contributed by atoms with Crippen molar-refractivity contribution in [3.05, 3.63) is 29.1 Å². The van der Waals surface area contributed by atoms with Gasteiger partial charge in [0.1, 0.15) is 6.07 Å². The summed E-state index contributed by atoms with van der Waals surface area (Å²) in [5.41, 5.74) is -0.118. The van der Waals surface area contributed by atoms with Gasteiger partial charge in [0.05, 0.1) is 11.5 Å². The molecule has 4 nitrogen and oxygen atoms in total. The van der Waals surface area contributed by atoms with Crippen molar-refractivity contribution in [2.45, 2.75) is 12.8 Å². The Kier molecular flexibility index (Phi) is 2.90. The first-order chi connectivity index (χ1) is 6.97. The van der Waals surface area contributed by atoms with Crippen molar-refractivity contribution in [2.24, 2.45) is 0 Å². The molecule has 0 radical (unpaired) electrons. The van der Waals surface area contributed by atoms with Crippen molar-refractivity contribution in [3.8, 4) is 11.8 Å². The molecule has 15 heavy (non-hydrogen) atoms. The fraction of sp³-hybridized carbons (Fsp3) is 0.200. The smallest absolute Gasteiger partial charge is 0.310 e. The number of phenolic OH excluding ortho intramolecular Hbond substituents is 1. The molecule has 0 aliphatic rings. The van der Waals surface area contributed by atoms with E-state index in [1.165, 1.54) is 6.92 Å². The molecule has 1 atom stereocenters. The van der Waals surface area contributed by atoms with E-state index in [0.717, 1.165) is 12.1 Å². The first kappa shape index (κ1) is 11.0. The van der Waals surface area contributed by atoms with Crippen LogP contribution in [0.4, 0.5) is 4.39 Å². The van der Waals surface area contributed by atoms with Crippen LogP contribution in [0.15, 0.2) is 12.1 Å². The van der Waals surface area contributed by atoms with E-state index in [-0.39, 0.29) is 11.1 Å². The molecule has 0 saturated heterocycles. The highest BCUT2D eigenvalue weighted by Crippen LogP contribution is 2.26. The standard InChI is InChI=1S/C10H8FNO3/c1-5(10(14)15)6-2-7(4-12)9(13)8(11)3-6/h2-3,5,13H,1H3,(H,14,15). The van der Waals surface area contributed by atoms with Crippen molar-refractivity contribution < 1.29 is 19.4 Å². The maximum atomic E-state index is 13.1. The summed E-state index contributed by atoms with van der Waals surface area (Å²) < 4.78 is 13.1. The Bertz CT molecular complexity index is 451. The molecule has 0 aliphatic carbocycles. The summed E-state index contributed by atoms with van der Waals surface area (Å²) in [7, 11) is 0. The minimum absolute atomic E-state index is 0.148. The quantitative estimate of drug-likeness (QED) is 0.774. The van der Waals surface area contributed by atoms with E-state index < -0.39 is 23.5 Å². The van der Waals surface area contributed by atoms with E-state index in [0.29, 0.717) is 0 Å². The topological polar surface area (TPSA) is 81.3 Å². The Morgan fingerprint density at radius 2 is 2.20 bits per heavy atom. The van der Waals surface area contributed by atoms with Gasteiger partial charge in [-0.2, -0.15) is 5.26 Å². The lowest BCUT2D eigenvalue weighted by Gasteiger charge is -2.08. The first-order valence-electron chi connectivity index (χ1n) is 4.12. The fourth-order valence-corrected chi connectivity index (χ4v) is 1.10. The number of nitrogens with zero attached hydrogens (tertiary/aromatic N) is 1. The third-order valence-electron chi connectivity index (χ3n) is 2.08. The number of halogens is 1. The molecule has 0 saturated carbocycles. The second-order valence-electron chi connectivity index (χ2n) is 3.07. The average molecular weight is 209 g/mol. The molecule has 2 N–H and O–H groups in total. The van der Waals surface area contributed by atoms with Gasteiger partial charge in [0, 0.05) is 0 Å². The zero-order valence-corrected chi connectivity index (χ0v) is 7.86. The van der Waals surface area contributed by atoms with E-state index in [2.05, 4.69) is 0 Å². The molecule has 0 amide bonds. The lowest BCUT2D eigenvalue weighted by molar-refractivity contribution is -0.138. The third kappa shape index (κ3) is 2.05. The Labute approximate surface area is 85.2 Å². The van der Waals surface area contributed by atoms with Crippen LogP contribution in [0.1, 0.15) is 24.0 Å². The number of hydrogen-bond donors (Lipinski definition) is 2. The predicted molar refractivity (Wildman–Crippen MR) is 48.8 cm³/mol. The first-order valence-corrected chi connectivity index (χ1v) is 4.12. The highest BCUT2D eigenvalue weighted by atomic mass is 19.1. The number of phenols is 1. The molecule has 0 spiro atoms. The maximum absolute atomic E-state index is 13.1. The van der Waals surface area contributed by atoms with Gasteiger partial charge in [-0.1, -0.05) is 0 Å². The summed E-state index contributed by atoms with van der Waals surface area (Å²) in [5.74, 6) is -3.79. The average Bonchev–Trinajstić information content (AvgIpc) is 2.20. The minimum atomic E-state index is -1.12. The third-order valence-corrected chi connectivity index (χ3v) is 2.08. The van der Waals surface area contributed by atoms with E-state index in [9.17, 15) is 9.18 Å². The summed E-state index contributed by atoms with van der Waals surface area (Å²) in [5, 5.41) is 26.4. The summed E-state index contributed by atoms with van der Waals surface area (Å²) in [6.07, 6.45) is 0. The number of carboxylic acid groups (broad SMARTS) is 1. The molecule has 0 aromatic heterocycles. The highest BCUT2D eigenvalue weighted by molar-refractivity contribution is 5.75. The molecule has 78 valence electrons. The molecule has 1 aromatic rings. The van der Waals surface area contributed by atoms with Gasteiger partial charge >= 0.3 is 5.97 Å². The van der Waals surface area contributed by atoms with Crippen molar-refractivity contribution >= 4 is 5.97 Å². The van der Waals surface area contributed by atoms with Crippen LogP contribution in [0.3, 0.4) is 0 Å². The molecule has 0 bridgehead atoms. The SMILES string of the molecule is CC(C(=O)O)c1cc(F)c(O)c(C#N)c1. The van der Waals surface area contributed by atoms with Crippen LogP contribution in [0.5, 0.6) is 5.75 Å². The summed E-state index contributed by atoms with van der Waals surface area (Å²) >= 11 is 0. The van der Waals surface area contributed by atoms with Gasteiger partial charge < -0.3 is 10.2 Å². The van der Waals surface area contributed by atoms with Crippen LogP contribution < -0.4 is 0 Å². The number of carbonyl (C=O) groups is 1.